The van der Waals surface area contributed by atoms with Gasteiger partial charge in [-0.3, -0.25) is 14.2 Å². The predicted molar refractivity (Wildman–Crippen MR) is 89.8 cm³/mol. The zero-order valence-corrected chi connectivity index (χ0v) is 13.0. The number of hydrogen-bond acceptors (Lipinski definition) is 2. The summed E-state index contributed by atoms with van der Waals surface area (Å²) in [6.07, 6.45) is 0. The third kappa shape index (κ3) is 1.77. The van der Waals surface area contributed by atoms with Crippen LogP contribution in [0.3, 0.4) is 0 Å². The van der Waals surface area contributed by atoms with Gasteiger partial charge >= 0.3 is 0 Å². The first-order valence-electron chi connectivity index (χ1n) is 7.57. The zero-order chi connectivity index (χ0) is 16.1. The quantitative estimate of drug-likeness (QED) is 0.517. The van der Waals surface area contributed by atoms with Crippen LogP contribution in [0.1, 0.15) is 33.3 Å². The highest BCUT2D eigenvalue weighted by atomic mass is 16.2. The molecule has 3 nitrogen and oxygen atoms in total. The lowest BCUT2D eigenvalue weighted by Gasteiger charge is -2.06. The molecule has 0 spiro atoms. The standard InChI is InChI=1S/C20H15NO2/c1-12-17(13(2)22)18(14-8-4-3-5-9-14)19-15-10-6-7-11-16(15)20(23)21(12)19/h3-11H,1-2H3. The molecule has 112 valence electrons. The summed E-state index contributed by atoms with van der Waals surface area (Å²) in [7, 11) is 0. The summed E-state index contributed by atoms with van der Waals surface area (Å²) < 4.78 is 1.68. The van der Waals surface area contributed by atoms with Gasteiger partial charge in [-0.25, -0.2) is 0 Å². The minimum absolute atomic E-state index is 0.0199. The zero-order valence-electron chi connectivity index (χ0n) is 13.0. The molecule has 0 atom stereocenters. The maximum absolute atomic E-state index is 12.8. The van der Waals surface area contributed by atoms with E-state index in [1.807, 2.05) is 61.5 Å². The van der Waals surface area contributed by atoms with Crippen molar-refractivity contribution in [1.82, 2.24) is 4.57 Å². The summed E-state index contributed by atoms with van der Waals surface area (Å²) >= 11 is 0. The topological polar surface area (TPSA) is 39.1 Å². The lowest BCUT2D eigenvalue weighted by atomic mass is 9.94. The van der Waals surface area contributed by atoms with Crippen LogP contribution in [0.15, 0.2) is 54.6 Å². The van der Waals surface area contributed by atoms with Crippen molar-refractivity contribution in [2.45, 2.75) is 13.8 Å². The van der Waals surface area contributed by atoms with E-state index in [4.69, 9.17) is 0 Å². The molecule has 2 aromatic carbocycles. The van der Waals surface area contributed by atoms with Crippen molar-refractivity contribution in [2.75, 3.05) is 0 Å². The van der Waals surface area contributed by atoms with E-state index < -0.39 is 0 Å². The summed E-state index contributed by atoms with van der Waals surface area (Å²) in [6, 6.07) is 17.4. The first-order valence-corrected chi connectivity index (χ1v) is 7.57. The van der Waals surface area contributed by atoms with Crippen LogP contribution in [-0.4, -0.2) is 16.3 Å². The minimum atomic E-state index is -0.0576. The van der Waals surface area contributed by atoms with Crippen LogP contribution in [0.2, 0.25) is 0 Å². The molecule has 1 aliphatic rings. The molecule has 23 heavy (non-hydrogen) atoms. The smallest absolute Gasteiger partial charge is 0.263 e. The Labute approximate surface area is 134 Å². The average Bonchev–Trinajstić information content (AvgIpc) is 3.03. The minimum Gasteiger partial charge on any atom is -0.294 e. The monoisotopic (exact) mass is 301 g/mol. The van der Waals surface area contributed by atoms with Crippen molar-refractivity contribution in [3.05, 3.63) is 71.4 Å². The van der Waals surface area contributed by atoms with Gasteiger partial charge in [-0.1, -0.05) is 48.5 Å². The summed E-state index contributed by atoms with van der Waals surface area (Å²) in [5.41, 5.74) is 5.58. The number of nitrogens with zero attached hydrogens (tertiary/aromatic N) is 1. The van der Waals surface area contributed by atoms with E-state index in [9.17, 15) is 9.59 Å². The molecule has 0 N–H and O–H groups in total. The summed E-state index contributed by atoms with van der Waals surface area (Å²) in [4.78, 5) is 25.0. The van der Waals surface area contributed by atoms with Crippen LogP contribution in [0.25, 0.3) is 22.4 Å². The number of carbonyl (C=O) groups is 2. The first kappa shape index (κ1) is 13.7. The molecule has 0 saturated carbocycles. The Bertz CT molecular complexity index is 965. The summed E-state index contributed by atoms with van der Waals surface area (Å²) in [5, 5.41) is 0. The third-order valence-corrected chi connectivity index (χ3v) is 4.44. The van der Waals surface area contributed by atoms with Crippen molar-refractivity contribution < 1.29 is 9.59 Å². The Kier molecular flexibility index (Phi) is 2.85. The van der Waals surface area contributed by atoms with Gasteiger partial charge in [0, 0.05) is 27.9 Å². The van der Waals surface area contributed by atoms with Gasteiger partial charge in [0.1, 0.15) is 0 Å². The molecule has 0 bridgehead atoms. The fourth-order valence-corrected chi connectivity index (χ4v) is 3.51. The van der Waals surface area contributed by atoms with Crippen molar-refractivity contribution in [3.8, 4) is 22.4 Å². The molecule has 0 radical (unpaired) electrons. The summed E-state index contributed by atoms with van der Waals surface area (Å²) in [5.74, 6) is -0.0775. The number of carbonyl (C=O) groups excluding carboxylic acids is 2. The molecule has 3 aromatic rings. The number of Topliss-reactive ketones (excluding diaryl/α,β-unsaturated/α-hetero) is 1. The van der Waals surface area contributed by atoms with Crippen LogP contribution in [0.5, 0.6) is 0 Å². The molecule has 1 aliphatic heterocycles. The normalized spacial score (nSPS) is 12.2. The van der Waals surface area contributed by atoms with E-state index in [0.717, 1.165) is 22.4 Å². The lowest BCUT2D eigenvalue weighted by Crippen LogP contribution is -2.09. The van der Waals surface area contributed by atoms with Crippen LogP contribution in [0.4, 0.5) is 0 Å². The molecule has 0 saturated heterocycles. The Morgan fingerprint density at radius 2 is 1.52 bits per heavy atom. The van der Waals surface area contributed by atoms with E-state index in [0.29, 0.717) is 16.8 Å². The highest BCUT2D eigenvalue weighted by Gasteiger charge is 2.34. The number of benzene rings is 2. The molecule has 1 aromatic heterocycles. The SMILES string of the molecule is CC(=O)c1c(-c2ccccc2)c2n(c1C)C(=O)c1ccccc1-2. The van der Waals surface area contributed by atoms with Crippen molar-refractivity contribution in [2.24, 2.45) is 0 Å². The maximum atomic E-state index is 12.8. The predicted octanol–water partition coefficient (Wildman–Crippen LogP) is 4.34. The van der Waals surface area contributed by atoms with Crippen molar-refractivity contribution in [3.63, 3.8) is 0 Å². The second kappa shape index (κ2) is 4.78. The van der Waals surface area contributed by atoms with E-state index in [1.165, 1.54) is 0 Å². The second-order valence-corrected chi connectivity index (χ2v) is 5.79. The Balaban J connectivity index is 2.16. The van der Waals surface area contributed by atoms with Gasteiger partial charge in [0.05, 0.1) is 5.69 Å². The van der Waals surface area contributed by atoms with Crippen molar-refractivity contribution >= 4 is 11.7 Å². The van der Waals surface area contributed by atoms with Crippen LogP contribution in [0, 0.1) is 6.92 Å². The largest absolute Gasteiger partial charge is 0.294 e. The Hall–Kier alpha value is -2.94. The summed E-state index contributed by atoms with van der Waals surface area (Å²) in [6.45, 7) is 3.40. The molecule has 0 aliphatic carbocycles. The first-order chi connectivity index (χ1) is 11.1. The lowest BCUT2D eigenvalue weighted by molar-refractivity contribution is 0.0967. The molecular formula is C20H15NO2. The number of fused-ring (bicyclic) bond motifs is 3. The second-order valence-electron chi connectivity index (χ2n) is 5.79. The highest BCUT2D eigenvalue weighted by Crippen LogP contribution is 2.44. The fourth-order valence-electron chi connectivity index (χ4n) is 3.51. The van der Waals surface area contributed by atoms with Gasteiger partial charge in [-0.2, -0.15) is 0 Å². The van der Waals surface area contributed by atoms with E-state index >= 15 is 0 Å². The maximum Gasteiger partial charge on any atom is 0.263 e. The third-order valence-electron chi connectivity index (χ3n) is 4.44. The molecule has 0 fully saturated rings. The van der Waals surface area contributed by atoms with Gasteiger partial charge in [-0.05, 0) is 25.5 Å². The van der Waals surface area contributed by atoms with Crippen LogP contribution in [-0.2, 0) is 0 Å². The molecule has 3 heteroatoms. The van der Waals surface area contributed by atoms with Gasteiger partial charge < -0.3 is 0 Å². The van der Waals surface area contributed by atoms with Gasteiger partial charge in [0.15, 0.2) is 5.78 Å². The number of ketones is 1. The van der Waals surface area contributed by atoms with E-state index in [1.54, 1.807) is 11.5 Å². The molecule has 0 amide bonds. The molecule has 0 unspecified atom stereocenters. The van der Waals surface area contributed by atoms with Gasteiger partial charge in [0.25, 0.3) is 5.91 Å². The van der Waals surface area contributed by atoms with E-state index in [-0.39, 0.29) is 11.7 Å². The molecular weight excluding hydrogens is 286 g/mol. The molecule has 2 heterocycles. The molecule has 4 rings (SSSR count). The Morgan fingerprint density at radius 1 is 0.913 bits per heavy atom. The number of rotatable bonds is 2. The van der Waals surface area contributed by atoms with Crippen LogP contribution < -0.4 is 0 Å². The number of aromatic nitrogens is 1. The fraction of sp³-hybridized carbons (Fsp3) is 0.100. The van der Waals surface area contributed by atoms with Gasteiger partial charge in [-0.15, -0.1) is 0 Å². The van der Waals surface area contributed by atoms with Crippen LogP contribution >= 0.6 is 0 Å². The van der Waals surface area contributed by atoms with E-state index in [2.05, 4.69) is 0 Å². The van der Waals surface area contributed by atoms with Crippen molar-refractivity contribution in [1.29, 1.82) is 0 Å². The average molecular weight is 301 g/mol. The Morgan fingerprint density at radius 3 is 2.17 bits per heavy atom. The highest BCUT2D eigenvalue weighted by molar-refractivity contribution is 6.17. The van der Waals surface area contributed by atoms with Gasteiger partial charge in [0.2, 0.25) is 0 Å². The number of hydrogen-bond donors (Lipinski definition) is 0.